The maximum absolute atomic E-state index is 10.6. The number of nitrogens with one attached hydrogen (secondary N) is 1. The Morgan fingerprint density at radius 1 is 1.56 bits per heavy atom. The molecule has 6 nitrogen and oxygen atoms in total. The number of rotatable bonds is 5. The molecule has 1 fully saturated rings. The quantitative estimate of drug-likeness (QED) is 0.475. The second-order valence-corrected chi connectivity index (χ2v) is 4.42. The van der Waals surface area contributed by atoms with Crippen LogP contribution in [0.25, 0.3) is 0 Å². The Morgan fingerprint density at radius 3 is 2.83 bits per heavy atom. The molecule has 0 atom stereocenters. The van der Waals surface area contributed by atoms with Crippen molar-refractivity contribution in [3.8, 4) is 0 Å². The van der Waals surface area contributed by atoms with E-state index in [1.54, 1.807) is 12.1 Å². The second kappa shape index (κ2) is 5.22. The number of hydrogen-bond donors (Lipinski definition) is 2. The van der Waals surface area contributed by atoms with Gasteiger partial charge in [-0.15, -0.1) is 0 Å². The number of benzene rings is 1. The fourth-order valence-corrected chi connectivity index (χ4v) is 2.10. The molecule has 98 valence electrons. The largest absolute Gasteiger partial charge is 0.393 e. The lowest BCUT2D eigenvalue weighted by Crippen LogP contribution is -2.40. The summed E-state index contributed by atoms with van der Waals surface area (Å²) in [5.41, 5.74) is 6.58. The summed E-state index contributed by atoms with van der Waals surface area (Å²) in [6.07, 6.45) is 2.26. The molecule has 1 aliphatic rings. The van der Waals surface area contributed by atoms with Crippen LogP contribution in [0.2, 0.25) is 0 Å². The topological polar surface area (TPSA) is 90.4 Å². The van der Waals surface area contributed by atoms with Gasteiger partial charge in [-0.3, -0.25) is 10.1 Å². The molecule has 0 aromatic heterocycles. The lowest BCUT2D eigenvalue weighted by atomic mass is 9.89. The molecule has 0 spiro atoms. The molecule has 18 heavy (non-hydrogen) atoms. The Morgan fingerprint density at radius 2 is 2.28 bits per heavy atom. The zero-order chi connectivity index (χ0) is 13.1. The van der Waals surface area contributed by atoms with Crippen molar-refractivity contribution in [3.63, 3.8) is 0 Å². The van der Waals surface area contributed by atoms with E-state index >= 15 is 0 Å². The van der Waals surface area contributed by atoms with Crippen LogP contribution in [0.4, 0.5) is 17.1 Å². The SMILES string of the molecule is CCOC1CC(Nc2ccc([N+](=O)[O-])c(N)c2)C1. The highest BCUT2D eigenvalue weighted by Crippen LogP contribution is 2.29. The number of ether oxygens (including phenoxy) is 1. The summed E-state index contributed by atoms with van der Waals surface area (Å²) in [7, 11) is 0. The summed E-state index contributed by atoms with van der Waals surface area (Å²) in [6, 6.07) is 5.08. The van der Waals surface area contributed by atoms with Crippen LogP contribution in [0.5, 0.6) is 0 Å². The van der Waals surface area contributed by atoms with Crippen LogP contribution in [-0.2, 0) is 4.74 Å². The van der Waals surface area contributed by atoms with Gasteiger partial charge in [0.2, 0.25) is 0 Å². The third kappa shape index (κ3) is 2.70. The average Bonchev–Trinajstić information content (AvgIpc) is 2.26. The van der Waals surface area contributed by atoms with Crippen molar-refractivity contribution in [2.75, 3.05) is 17.7 Å². The molecule has 0 radical (unpaired) electrons. The van der Waals surface area contributed by atoms with E-state index in [9.17, 15) is 10.1 Å². The van der Waals surface area contributed by atoms with Crippen LogP contribution in [0.3, 0.4) is 0 Å². The molecule has 3 N–H and O–H groups in total. The number of nitrogens with zero attached hydrogens (tertiary/aromatic N) is 1. The number of nitro groups is 1. The highest BCUT2D eigenvalue weighted by atomic mass is 16.6. The number of nitrogens with two attached hydrogens (primary N) is 1. The number of anilines is 2. The highest BCUT2D eigenvalue weighted by molar-refractivity contribution is 5.66. The summed E-state index contributed by atoms with van der Waals surface area (Å²) in [5, 5.41) is 13.9. The summed E-state index contributed by atoms with van der Waals surface area (Å²) in [4.78, 5) is 10.1. The molecule has 1 saturated carbocycles. The van der Waals surface area contributed by atoms with Gasteiger partial charge in [-0.25, -0.2) is 0 Å². The van der Waals surface area contributed by atoms with Crippen LogP contribution >= 0.6 is 0 Å². The zero-order valence-corrected chi connectivity index (χ0v) is 10.3. The van der Waals surface area contributed by atoms with E-state index in [2.05, 4.69) is 5.32 Å². The number of nitro benzene ring substituents is 1. The lowest BCUT2D eigenvalue weighted by molar-refractivity contribution is -0.383. The molecule has 0 saturated heterocycles. The second-order valence-electron chi connectivity index (χ2n) is 4.42. The van der Waals surface area contributed by atoms with Gasteiger partial charge < -0.3 is 15.8 Å². The third-order valence-electron chi connectivity index (χ3n) is 3.09. The average molecular weight is 251 g/mol. The predicted octanol–water partition coefficient (Wildman–Crippen LogP) is 2.16. The zero-order valence-electron chi connectivity index (χ0n) is 10.3. The van der Waals surface area contributed by atoms with Crippen LogP contribution < -0.4 is 11.1 Å². The maximum atomic E-state index is 10.6. The van der Waals surface area contributed by atoms with Gasteiger partial charge >= 0.3 is 0 Å². The molecular formula is C12H17N3O3. The monoisotopic (exact) mass is 251 g/mol. The van der Waals surface area contributed by atoms with Gasteiger partial charge in [0.15, 0.2) is 0 Å². The van der Waals surface area contributed by atoms with Gasteiger partial charge in [0.1, 0.15) is 5.69 Å². The summed E-state index contributed by atoms with van der Waals surface area (Å²) >= 11 is 0. The van der Waals surface area contributed by atoms with Gasteiger partial charge in [-0.05, 0) is 31.9 Å². The van der Waals surface area contributed by atoms with Crippen molar-refractivity contribution >= 4 is 17.1 Å². The minimum atomic E-state index is -0.479. The van der Waals surface area contributed by atoms with E-state index in [1.165, 1.54) is 6.07 Å². The first-order valence-electron chi connectivity index (χ1n) is 6.02. The lowest BCUT2D eigenvalue weighted by Gasteiger charge is -2.36. The van der Waals surface area contributed by atoms with Crippen molar-refractivity contribution < 1.29 is 9.66 Å². The van der Waals surface area contributed by atoms with E-state index in [1.807, 2.05) is 6.92 Å². The minimum absolute atomic E-state index is 0.0543. The van der Waals surface area contributed by atoms with Crippen molar-refractivity contribution in [2.24, 2.45) is 0 Å². The molecule has 1 aromatic carbocycles. The molecule has 0 bridgehead atoms. The highest BCUT2D eigenvalue weighted by Gasteiger charge is 2.29. The van der Waals surface area contributed by atoms with E-state index in [4.69, 9.17) is 10.5 Å². The molecule has 1 aromatic rings. The number of hydrogen-bond acceptors (Lipinski definition) is 5. The van der Waals surface area contributed by atoms with Crippen LogP contribution in [-0.4, -0.2) is 23.7 Å². The smallest absolute Gasteiger partial charge is 0.292 e. The van der Waals surface area contributed by atoms with Crippen LogP contribution in [0.15, 0.2) is 18.2 Å². The Labute approximate surface area is 105 Å². The van der Waals surface area contributed by atoms with Crippen molar-refractivity contribution in [1.82, 2.24) is 0 Å². The number of nitrogen functional groups attached to an aromatic ring is 1. The van der Waals surface area contributed by atoms with E-state index in [0.717, 1.165) is 25.1 Å². The van der Waals surface area contributed by atoms with Gasteiger partial charge in [0.25, 0.3) is 5.69 Å². The summed E-state index contributed by atoms with van der Waals surface area (Å²) in [5.74, 6) is 0. The van der Waals surface area contributed by atoms with Crippen molar-refractivity contribution in [1.29, 1.82) is 0 Å². The fourth-order valence-electron chi connectivity index (χ4n) is 2.10. The Balaban J connectivity index is 1.92. The van der Waals surface area contributed by atoms with E-state index in [-0.39, 0.29) is 11.4 Å². The van der Waals surface area contributed by atoms with Gasteiger partial charge in [0, 0.05) is 24.4 Å². The minimum Gasteiger partial charge on any atom is -0.393 e. The van der Waals surface area contributed by atoms with Gasteiger partial charge in [-0.2, -0.15) is 0 Å². The molecule has 0 heterocycles. The predicted molar refractivity (Wildman–Crippen MR) is 69.6 cm³/mol. The third-order valence-corrected chi connectivity index (χ3v) is 3.09. The normalized spacial score (nSPS) is 22.3. The fraction of sp³-hybridized carbons (Fsp3) is 0.500. The molecule has 1 aliphatic carbocycles. The molecule has 0 aliphatic heterocycles. The van der Waals surface area contributed by atoms with Crippen molar-refractivity contribution in [2.45, 2.75) is 31.9 Å². The van der Waals surface area contributed by atoms with E-state index < -0.39 is 4.92 Å². The van der Waals surface area contributed by atoms with Crippen molar-refractivity contribution in [3.05, 3.63) is 28.3 Å². The molecule has 2 rings (SSSR count). The first-order chi connectivity index (χ1) is 8.60. The first-order valence-corrected chi connectivity index (χ1v) is 6.02. The Kier molecular flexibility index (Phi) is 3.66. The van der Waals surface area contributed by atoms with Gasteiger partial charge in [0.05, 0.1) is 11.0 Å². The van der Waals surface area contributed by atoms with E-state index in [0.29, 0.717) is 12.1 Å². The molecular weight excluding hydrogens is 234 g/mol. The first kappa shape index (κ1) is 12.6. The van der Waals surface area contributed by atoms with Gasteiger partial charge in [-0.1, -0.05) is 0 Å². The maximum Gasteiger partial charge on any atom is 0.292 e. The summed E-state index contributed by atoms with van der Waals surface area (Å²) < 4.78 is 5.47. The molecule has 0 unspecified atom stereocenters. The van der Waals surface area contributed by atoms with Crippen LogP contribution in [0.1, 0.15) is 19.8 Å². The molecule has 0 amide bonds. The standard InChI is InChI=1S/C12H17N3O3/c1-2-18-10-5-9(6-10)14-8-3-4-12(15(16)17)11(13)7-8/h3-4,7,9-10,14H,2,5-6,13H2,1H3. The Hall–Kier alpha value is -1.82. The summed E-state index contributed by atoms with van der Waals surface area (Å²) in [6.45, 7) is 2.72. The Bertz CT molecular complexity index is 444. The van der Waals surface area contributed by atoms with Crippen LogP contribution in [0, 0.1) is 10.1 Å². The molecule has 6 heteroatoms.